The van der Waals surface area contributed by atoms with Crippen LogP contribution in [-0.4, -0.2) is 45.6 Å². The number of carbonyl (C=O) groups excluding carboxylic acids is 1. The Morgan fingerprint density at radius 2 is 1.64 bits per heavy atom. The van der Waals surface area contributed by atoms with E-state index >= 15 is 0 Å². The average Bonchev–Trinajstić information content (AvgIpc) is 3.36. The lowest BCUT2D eigenvalue weighted by Crippen LogP contribution is -2.29. The van der Waals surface area contributed by atoms with Crippen LogP contribution in [0.15, 0.2) is 83.8 Å². The maximum absolute atomic E-state index is 14.7. The Balaban J connectivity index is 1.74. The smallest absolute Gasteiger partial charge is 0.345 e. The van der Waals surface area contributed by atoms with E-state index in [1.165, 1.54) is 21.2 Å². The van der Waals surface area contributed by atoms with Gasteiger partial charge in [0.15, 0.2) is 0 Å². The van der Waals surface area contributed by atoms with Crippen molar-refractivity contribution in [2.24, 2.45) is 0 Å². The van der Waals surface area contributed by atoms with Crippen LogP contribution in [0.4, 0.5) is 8.78 Å². The van der Waals surface area contributed by atoms with Crippen LogP contribution >= 0.6 is 0 Å². The quantitative estimate of drug-likeness (QED) is 0.211. The fourth-order valence-electron chi connectivity index (χ4n) is 4.89. The van der Waals surface area contributed by atoms with E-state index in [4.69, 9.17) is 14.5 Å². The van der Waals surface area contributed by atoms with Gasteiger partial charge in [0.2, 0.25) is 5.78 Å². The maximum Gasteiger partial charge on any atom is 0.345 e. The Labute approximate surface area is 241 Å². The van der Waals surface area contributed by atoms with Crippen molar-refractivity contribution < 1.29 is 23.0 Å². The standard InChI is InChI=1S/C32H30F2N4O4/c1-4-42-31(40)25-19-37(18-24-26(33)11-8-12-27(24)34)32-35-29(22-13-15-23(41-3)16-14-22)28(38(32)30(25)39)20-36(2)17-21-9-6-5-7-10-21/h5-16,19H,4,17-18,20H2,1-3H3. The zero-order valence-electron chi connectivity index (χ0n) is 23.5. The molecule has 10 heteroatoms. The molecule has 0 aliphatic carbocycles. The predicted molar refractivity (Wildman–Crippen MR) is 154 cm³/mol. The molecule has 0 atom stereocenters. The van der Waals surface area contributed by atoms with Gasteiger partial charge in [0.25, 0.3) is 5.56 Å². The fourth-order valence-corrected chi connectivity index (χ4v) is 4.89. The third kappa shape index (κ3) is 5.80. The molecule has 0 unspecified atom stereocenters. The van der Waals surface area contributed by atoms with Crippen LogP contribution in [0.25, 0.3) is 17.0 Å². The van der Waals surface area contributed by atoms with E-state index in [2.05, 4.69) is 0 Å². The molecule has 0 aliphatic heterocycles. The molecule has 5 rings (SSSR count). The molecule has 0 fully saturated rings. The number of benzene rings is 3. The minimum atomic E-state index is -0.838. The average molecular weight is 573 g/mol. The first-order chi connectivity index (χ1) is 20.3. The molecule has 42 heavy (non-hydrogen) atoms. The molecular weight excluding hydrogens is 542 g/mol. The van der Waals surface area contributed by atoms with Crippen molar-refractivity contribution in [3.05, 3.63) is 123 Å². The van der Waals surface area contributed by atoms with E-state index in [9.17, 15) is 18.4 Å². The Morgan fingerprint density at radius 1 is 0.952 bits per heavy atom. The topological polar surface area (TPSA) is 78.1 Å². The fraction of sp³-hybridized carbons (Fsp3) is 0.219. The second-order valence-corrected chi connectivity index (χ2v) is 9.83. The summed E-state index contributed by atoms with van der Waals surface area (Å²) in [7, 11) is 3.47. The summed E-state index contributed by atoms with van der Waals surface area (Å²) in [4.78, 5) is 33.7. The van der Waals surface area contributed by atoms with Gasteiger partial charge in [0.05, 0.1) is 31.6 Å². The molecule has 216 valence electrons. The van der Waals surface area contributed by atoms with Crippen LogP contribution in [-0.2, 0) is 24.4 Å². The summed E-state index contributed by atoms with van der Waals surface area (Å²) in [5.41, 5.74) is 1.62. The Bertz CT molecular complexity index is 1760. The zero-order chi connectivity index (χ0) is 29.8. The van der Waals surface area contributed by atoms with Crippen LogP contribution < -0.4 is 10.3 Å². The first-order valence-electron chi connectivity index (χ1n) is 13.4. The van der Waals surface area contributed by atoms with Crippen molar-refractivity contribution in [3.8, 4) is 17.0 Å². The first-order valence-corrected chi connectivity index (χ1v) is 13.4. The predicted octanol–water partition coefficient (Wildman–Crippen LogP) is 5.31. The third-order valence-corrected chi connectivity index (χ3v) is 6.89. The van der Waals surface area contributed by atoms with Crippen LogP contribution in [0.2, 0.25) is 0 Å². The van der Waals surface area contributed by atoms with Gasteiger partial charge in [-0.15, -0.1) is 0 Å². The van der Waals surface area contributed by atoms with Crippen molar-refractivity contribution >= 4 is 11.7 Å². The van der Waals surface area contributed by atoms with Gasteiger partial charge in [-0.05, 0) is 55.9 Å². The van der Waals surface area contributed by atoms with Crippen molar-refractivity contribution in [3.63, 3.8) is 0 Å². The number of methoxy groups -OCH3 is 1. The van der Waals surface area contributed by atoms with Crippen molar-refractivity contribution in [1.82, 2.24) is 18.9 Å². The summed E-state index contributed by atoms with van der Waals surface area (Å²) in [5, 5.41) is 0. The lowest BCUT2D eigenvalue weighted by atomic mass is 10.1. The molecule has 0 radical (unpaired) electrons. The number of imidazole rings is 1. The zero-order valence-corrected chi connectivity index (χ0v) is 23.5. The summed E-state index contributed by atoms with van der Waals surface area (Å²) >= 11 is 0. The van der Waals surface area contributed by atoms with Crippen molar-refractivity contribution in [1.29, 1.82) is 0 Å². The van der Waals surface area contributed by atoms with Crippen LogP contribution in [0, 0.1) is 11.6 Å². The highest BCUT2D eigenvalue weighted by atomic mass is 19.1. The SMILES string of the molecule is CCOC(=O)c1cn(Cc2c(F)cccc2F)c2nc(-c3ccc(OC)cc3)c(CN(C)Cc3ccccc3)n2c1=O. The molecule has 8 nitrogen and oxygen atoms in total. The second-order valence-electron chi connectivity index (χ2n) is 9.83. The second kappa shape index (κ2) is 12.4. The van der Waals surface area contributed by atoms with E-state index in [0.717, 1.165) is 17.7 Å². The van der Waals surface area contributed by atoms with Gasteiger partial charge in [0.1, 0.15) is 22.9 Å². The number of aromatic nitrogens is 3. The van der Waals surface area contributed by atoms with E-state index < -0.39 is 23.2 Å². The Morgan fingerprint density at radius 3 is 2.29 bits per heavy atom. The van der Waals surface area contributed by atoms with Crippen molar-refractivity contribution in [2.45, 2.75) is 26.6 Å². The number of halogens is 2. The van der Waals surface area contributed by atoms with Crippen LogP contribution in [0.5, 0.6) is 5.75 Å². The third-order valence-electron chi connectivity index (χ3n) is 6.89. The summed E-state index contributed by atoms with van der Waals surface area (Å²) in [6, 6.07) is 20.6. The molecule has 0 saturated heterocycles. The molecule has 0 N–H and O–H groups in total. The van der Waals surface area contributed by atoms with Gasteiger partial charge < -0.3 is 14.0 Å². The molecule has 5 aromatic rings. The molecule has 3 aromatic carbocycles. The number of esters is 1. The molecule has 0 saturated carbocycles. The minimum Gasteiger partial charge on any atom is -0.497 e. The number of ether oxygens (including phenoxy) is 2. The van der Waals surface area contributed by atoms with E-state index in [0.29, 0.717) is 29.2 Å². The molecule has 0 amide bonds. The van der Waals surface area contributed by atoms with Crippen LogP contribution in [0.3, 0.4) is 0 Å². The highest BCUT2D eigenvalue weighted by molar-refractivity contribution is 5.89. The van der Waals surface area contributed by atoms with Gasteiger partial charge in [-0.2, -0.15) is 0 Å². The van der Waals surface area contributed by atoms with Gasteiger partial charge in [-0.25, -0.2) is 23.0 Å². The van der Waals surface area contributed by atoms with E-state index in [1.54, 1.807) is 26.2 Å². The number of fused-ring (bicyclic) bond motifs is 1. The van der Waals surface area contributed by atoms with Crippen LogP contribution in [0.1, 0.15) is 34.1 Å². The normalized spacial score (nSPS) is 11.3. The number of nitrogens with zero attached hydrogens (tertiary/aromatic N) is 4. The largest absolute Gasteiger partial charge is 0.497 e. The summed E-state index contributed by atoms with van der Waals surface area (Å²) in [6.45, 7) is 2.21. The lowest BCUT2D eigenvalue weighted by Gasteiger charge is -2.18. The minimum absolute atomic E-state index is 0.0476. The Hall–Kier alpha value is -4.83. The monoisotopic (exact) mass is 572 g/mol. The maximum atomic E-state index is 14.7. The molecule has 0 spiro atoms. The molecular formula is C32H30F2N4O4. The number of hydrogen-bond donors (Lipinski definition) is 0. The summed E-state index contributed by atoms with van der Waals surface area (Å²) < 4.78 is 42.7. The molecule has 2 heterocycles. The van der Waals surface area contributed by atoms with Gasteiger partial charge in [-0.3, -0.25) is 9.69 Å². The van der Waals surface area contributed by atoms with Gasteiger partial charge >= 0.3 is 5.97 Å². The molecule has 0 aliphatic rings. The van der Waals surface area contributed by atoms with E-state index in [1.807, 2.05) is 54.4 Å². The highest BCUT2D eigenvalue weighted by Crippen LogP contribution is 2.28. The lowest BCUT2D eigenvalue weighted by molar-refractivity contribution is 0.0523. The number of hydrogen-bond acceptors (Lipinski definition) is 6. The van der Waals surface area contributed by atoms with Gasteiger partial charge in [0, 0.05) is 30.4 Å². The van der Waals surface area contributed by atoms with E-state index in [-0.39, 0.29) is 36.6 Å². The van der Waals surface area contributed by atoms with Gasteiger partial charge in [-0.1, -0.05) is 36.4 Å². The molecule has 0 bridgehead atoms. The van der Waals surface area contributed by atoms with Crippen molar-refractivity contribution in [2.75, 3.05) is 20.8 Å². The highest BCUT2D eigenvalue weighted by Gasteiger charge is 2.25. The number of carbonyl (C=O) groups is 1. The summed E-state index contributed by atoms with van der Waals surface area (Å²) in [5.74, 6) is -1.58. The Kier molecular flexibility index (Phi) is 8.44. The molecule has 2 aromatic heterocycles. The first kappa shape index (κ1) is 28.7. The summed E-state index contributed by atoms with van der Waals surface area (Å²) in [6.07, 6.45) is 1.25. The number of rotatable bonds is 10.